The molecule has 1 aromatic heterocycles. The predicted molar refractivity (Wildman–Crippen MR) is 95.2 cm³/mol. The summed E-state index contributed by atoms with van der Waals surface area (Å²) in [4.78, 5) is 24.7. The Labute approximate surface area is 144 Å². The first-order valence-electron chi connectivity index (χ1n) is 7.67. The second-order valence-corrected chi connectivity index (χ2v) is 6.13. The second-order valence-electron chi connectivity index (χ2n) is 5.73. The molecule has 0 fully saturated rings. The second kappa shape index (κ2) is 6.53. The highest BCUT2D eigenvalue weighted by atomic mass is 35.5. The van der Waals surface area contributed by atoms with Gasteiger partial charge in [-0.1, -0.05) is 41.9 Å². The molecule has 2 aromatic carbocycles. The van der Waals surface area contributed by atoms with Gasteiger partial charge < -0.3 is 5.32 Å². The van der Waals surface area contributed by atoms with Crippen LogP contribution in [0.4, 0.5) is 0 Å². The van der Waals surface area contributed by atoms with Crippen LogP contribution in [0.3, 0.4) is 0 Å². The van der Waals surface area contributed by atoms with Gasteiger partial charge in [0.15, 0.2) is 0 Å². The van der Waals surface area contributed by atoms with Gasteiger partial charge in [0, 0.05) is 12.1 Å². The van der Waals surface area contributed by atoms with Gasteiger partial charge in [0.2, 0.25) is 5.91 Å². The van der Waals surface area contributed by atoms with Crippen molar-refractivity contribution in [2.45, 2.75) is 19.5 Å². The van der Waals surface area contributed by atoms with Crippen molar-refractivity contribution in [1.29, 1.82) is 0 Å². The fraction of sp³-hybridized carbons (Fsp3) is 0.222. The highest BCUT2D eigenvalue weighted by Crippen LogP contribution is 2.22. The molecule has 0 aliphatic rings. The molecule has 6 heteroatoms. The Morgan fingerprint density at radius 1 is 1.12 bits per heavy atom. The molecule has 0 saturated carbocycles. The molecule has 3 rings (SSSR count). The van der Waals surface area contributed by atoms with Crippen LogP contribution in [0, 0.1) is 0 Å². The molecule has 0 aliphatic heterocycles. The summed E-state index contributed by atoms with van der Waals surface area (Å²) in [5, 5.41) is 3.50. The Morgan fingerprint density at radius 2 is 1.75 bits per heavy atom. The standard InChI is InChI=1S/C18H18ClN3O2/c1-12(13-7-3-4-8-14(13)19)20-17(23)11-22-16-10-6-5-9-15(16)21(2)18(22)24/h3-10,12H,11H2,1-2H3,(H,20,23). The molecule has 0 aliphatic carbocycles. The highest BCUT2D eigenvalue weighted by Gasteiger charge is 2.16. The van der Waals surface area contributed by atoms with Gasteiger partial charge in [-0.05, 0) is 30.7 Å². The Kier molecular flexibility index (Phi) is 4.44. The zero-order chi connectivity index (χ0) is 17.3. The first-order chi connectivity index (χ1) is 11.5. The minimum atomic E-state index is -0.239. The zero-order valence-electron chi connectivity index (χ0n) is 13.5. The van der Waals surface area contributed by atoms with E-state index in [1.54, 1.807) is 17.7 Å². The number of hydrogen-bond donors (Lipinski definition) is 1. The van der Waals surface area contributed by atoms with Crippen molar-refractivity contribution in [3.63, 3.8) is 0 Å². The Morgan fingerprint density at radius 3 is 2.46 bits per heavy atom. The summed E-state index contributed by atoms with van der Waals surface area (Å²) < 4.78 is 3.02. The van der Waals surface area contributed by atoms with E-state index < -0.39 is 0 Å². The van der Waals surface area contributed by atoms with E-state index in [1.165, 1.54) is 4.57 Å². The van der Waals surface area contributed by atoms with Crippen LogP contribution in [0.1, 0.15) is 18.5 Å². The fourth-order valence-electron chi connectivity index (χ4n) is 2.85. The number of carbonyl (C=O) groups excluding carboxylic acids is 1. The van der Waals surface area contributed by atoms with Gasteiger partial charge in [0.1, 0.15) is 6.54 Å². The van der Waals surface area contributed by atoms with Crippen molar-refractivity contribution in [3.8, 4) is 0 Å². The third-order valence-corrected chi connectivity index (χ3v) is 4.45. The topological polar surface area (TPSA) is 56.0 Å². The van der Waals surface area contributed by atoms with E-state index in [-0.39, 0.29) is 24.2 Å². The largest absolute Gasteiger partial charge is 0.348 e. The number of hydrogen-bond acceptors (Lipinski definition) is 2. The molecule has 24 heavy (non-hydrogen) atoms. The predicted octanol–water partition coefficient (Wildman–Crippen LogP) is 2.87. The summed E-state index contributed by atoms with van der Waals surface area (Å²) >= 11 is 6.16. The van der Waals surface area contributed by atoms with E-state index in [0.29, 0.717) is 5.02 Å². The molecule has 1 heterocycles. The van der Waals surface area contributed by atoms with Crippen LogP contribution < -0.4 is 11.0 Å². The normalized spacial score (nSPS) is 12.3. The number of aromatic nitrogens is 2. The Bertz CT molecular complexity index is 958. The minimum absolute atomic E-state index is 0.0328. The molecule has 1 amide bonds. The minimum Gasteiger partial charge on any atom is -0.348 e. The van der Waals surface area contributed by atoms with Crippen molar-refractivity contribution < 1.29 is 4.79 Å². The lowest BCUT2D eigenvalue weighted by molar-refractivity contribution is -0.122. The van der Waals surface area contributed by atoms with Gasteiger partial charge in [0.05, 0.1) is 17.1 Å². The van der Waals surface area contributed by atoms with Crippen LogP contribution >= 0.6 is 11.6 Å². The average Bonchev–Trinajstić information content (AvgIpc) is 2.80. The number of para-hydroxylation sites is 2. The molecule has 1 N–H and O–H groups in total. The van der Waals surface area contributed by atoms with Gasteiger partial charge in [-0.2, -0.15) is 0 Å². The van der Waals surface area contributed by atoms with Gasteiger partial charge >= 0.3 is 5.69 Å². The summed E-state index contributed by atoms with van der Waals surface area (Å²) in [5.74, 6) is -0.235. The molecule has 1 atom stereocenters. The number of benzene rings is 2. The lowest BCUT2D eigenvalue weighted by Crippen LogP contribution is -2.34. The highest BCUT2D eigenvalue weighted by molar-refractivity contribution is 6.31. The van der Waals surface area contributed by atoms with E-state index in [1.807, 2.05) is 49.4 Å². The van der Waals surface area contributed by atoms with Gasteiger partial charge in [-0.25, -0.2) is 4.79 Å². The summed E-state index contributed by atoms with van der Waals surface area (Å²) in [6.07, 6.45) is 0. The number of carbonyl (C=O) groups is 1. The van der Waals surface area contributed by atoms with E-state index in [2.05, 4.69) is 5.32 Å². The fourth-order valence-corrected chi connectivity index (χ4v) is 3.15. The van der Waals surface area contributed by atoms with Crippen LogP contribution in [0.15, 0.2) is 53.3 Å². The molecule has 0 radical (unpaired) electrons. The maximum absolute atomic E-state index is 12.4. The van der Waals surface area contributed by atoms with E-state index >= 15 is 0 Å². The summed E-state index contributed by atoms with van der Waals surface area (Å²) in [7, 11) is 1.70. The van der Waals surface area contributed by atoms with Crippen LogP contribution in [0.2, 0.25) is 5.02 Å². The molecule has 0 spiro atoms. The van der Waals surface area contributed by atoms with Crippen LogP contribution in [-0.2, 0) is 18.4 Å². The zero-order valence-corrected chi connectivity index (χ0v) is 14.2. The molecule has 3 aromatic rings. The quantitative estimate of drug-likeness (QED) is 0.792. The van der Waals surface area contributed by atoms with E-state index in [0.717, 1.165) is 16.6 Å². The van der Waals surface area contributed by atoms with Crippen molar-refractivity contribution in [3.05, 3.63) is 69.6 Å². The molecule has 5 nitrogen and oxygen atoms in total. The number of halogens is 1. The molecular formula is C18H18ClN3O2. The third-order valence-electron chi connectivity index (χ3n) is 4.10. The molecule has 0 bridgehead atoms. The Balaban J connectivity index is 1.82. The van der Waals surface area contributed by atoms with Crippen LogP contribution in [0.25, 0.3) is 11.0 Å². The van der Waals surface area contributed by atoms with Gasteiger partial charge in [0.25, 0.3) is 0 Å². The van der Waals surface area contributed by atoms with Crippen molar-refractivity contribution in [2.75, 3.05) is 0 Å². The third kappa shape index (κ3) is 2.95. The molecule has 124 valence electrons. The summed E-state index contributed by atoms with van der Waals surface area (Å²) in [6, 6.07) is 14.5. The van der Waals surface area contributed by atoms with Gasteiger partial charge in [-0.3, -0.25) is 13.9 Å². The number of imidazole rings is 1. The number of aryl methyl sites for hydroxylation is 1. The summed E-state index contributed by atoms with van der Waals surface area (Å²) in [6.45, 7) is 1.83. The first-order valence-corrected chi connectivity index (χ1v) is 8.05. The van der Waals surface area contributed by atoms with E-state index in [4.69, 9.17) is 11.6 Å². The number of rotatable bonds is 4. The first kappa shape index (κ1) is 16.3. The smallest absolute Gasteiger partial charge is 0.329 e. The molecular weight excluding hydrogens is 326 g/mol. The van der Waals surface area contributed by atoms with E-state index in [9.17, 15) is 9.59 Å². The van der Waals surface area contributed by atoms with Crippen molar-refractivity contribution in [2.24, 2.45) is 7.05 Å². The van der Waals surface area contributed by atoms with Crippen molar-refractivity contribution >= 4 is 28.5 Å². The monoisotopic (exact) mass is 343 g/mol. The summed E-state index contributed by atoms with van der Waals surface area (Å²) in [5.41, 5.74) is 2.18. The lowest BCUT2D eigenvalue weighted by Gasteiger charge is -2.16. The van der Waals surface area contributed by atoms with Crippen molar-refractivity contribution in [1.82, 2.24) is 14.5 Å². The number of amides is 1. The van der Waals surface area contributed by atoms with Gasteiger partial charge in [-0.15, -0.1) is 0 Å². The molecule has 0 saturated heterocycles. The molecule has 1 unspecified atom stereocenters. The Hall–Kier alpha value is -2.53. The maximum atomic E-state index is 12.4. The average molecular weight is 344 g/mol. The van der Waals surface area contributed by atoms with Crippen LogP contribution in [-0.4, -0.2) is 15.0 Å². The lowest BCUT2D eigenvalue weighted by atomic mass is 10.1. The number of fused-ring (bicyclic) bond motifs is 1. The number of nitrogens with zero attached hydrogens (tertiary/aromatic N) is 2. The number of nitrogens with one attached hydrogen (secondary N) is 1. The van der Waals surface area contributed by atoms with Crippen LogP contribution in [0.5, 0.6) is 0 Å². The maximum Gasteiger partial charge on any atom is 0.329 e. The SMILES string of the molecule is CC(NC(=O)Cn1c(=O)n(C)c2ccccc21)c1ccccc1Cl.